The number of likely N-dealkylation sites (tertiary alicyclic amines) is 1. The fraction of sp³-hybridized carbons (Fsp3) is 0.767. The van der Waals surface area contributed by atoms with E-state index < -0.39 is 41.2 Å². The molecule has 0 bridgehead atoms. The molecule has 4 heterocycles. The molecular formula is C30H47N3O5. The molecule has 1 unspecified atom stereocenters. The first-order chi connectivity index (χ1) is 17.7. The van der Waals surface area contributed by atoms with Crippen LogP contribution in [0.15, 0.2) is 24.3 Å². The van der Waals surface area contributed by atoms with E-state index in [9.17, 15) is 19.5 Å². The zero-order valence-corrected chi connectivity index (χ0v) is 24.4. The molecular weight excluding hydrogens is 482 g/mol. The number of hydrogen-bond donors (Lipinski definition) is 1. The standard InChI is InChI=1S/C30H47N3O5/c1-9-14-31-15-10-12-21-22(25(31)35)23-26(36)33(20(17-34)19(2)3)24-27(37)32(16-11-13-30(23,24)38-21)29(7,8)18-28(4,5)6/h10-13,19-24,34H,9,14-18H2,1-8H3/t20-,21-,22+,23-,24?,30-/m0/s1. The largest absolute Gasteiger partial charge is 0.394 e. The summed E-state index contributed by atoms with van der Waals surface area (Å²) in [6, 6.07) is -1.52. The second kappa shape index (κ2) is 10.1. The molecule has 38 heavy (non-hydrogen) atoms. The summed E-state index contributed by atoms with van der Waals surface area (Å²) in [4.78, 5) is 48.2. The fourth-order valence-electron chi connectivity index (χ4n) is 7.52. The Labute approximate surface area is 228 Å². The quantitative estimate of drug-likeness (QED) is 0.512. The van der Waals surface area contributed by atoms with Crippen molar-refractivity contribution >= 4 is 17.7 Å². The Morgan fingerprint density at radius 2 is 1.74 bits per heavy atom. The van der Waals surface area contributed by atoms with Crippen LogP contribution in [0.3, 0.4) is 0 Å². The zero-order chi connectivity index (χ0) is 28.2. The van der Waals surface area contributed by atoms with Gasteiger partial charge in [0.25, 0.3) is 0 Å². The van der Waals surface area contributed by atoms with Crippen LogP contribution in [0.5, 0.6) is 0 Å². The molecule has 1 N–H and O–H groups in total. The van der Waals surface area contributed by atoms with Crippen LogP contribution >= 0.6 is 0 Å². The van der Waals surface area contributed by atoms with Gasteiger partial charge >= 0.3 is 0 Å². The van der Waals surface area contributed by atoms with Crippen LogP contribution in [0.2, 0.25) is 0 Å². The minimum absolute atomic E-state index is 0.0201. The van der Waals surface area contributed by atoms with Gasteiger partial charge in [-0.1, -0.05) is 65.8 Å². The van der Waals surface area contributed by atoms with E-state index in [4.69, 9.17) is 4.74 Å². The molecule has 2 fully saturated rings. The summed E-state index contributed by atoms with van der Waals surface area (Å²) in [6.07, 6.45) is 8.67. The molecule has 0 saturated carbocycles. The van der Waals surface area contributed by atoms with Crippen LogP contribution in [-0.4, -0.2) is 93.1 Å². The minimum atomic E-state index is -1.27. The topological polar surface area (TPSA) is 90.4 Å². The van der Waals surface area contributed by atoms with Gasteiger partial charge in [-0.05, 0) is 38.0 Å². The molecule has 8 nitrogen and oxygen atoms in total. The highest BCUT2D eigenvalue weighted by atomic mass is 16.5. The molecule has 0 radical (unpaired) electrons. The highest BCUT2D eigenvalue weighted by Gasteiger charge is 2.73. The molecule has 0 aromatic heterocycles. The molecule has 0 aliphatic carbocycles. The van der Waals surface area contributed by atoms with Crippen LogP contribution < -0.4 is 0 Å². The van der Waals surface area contributed by atoms with Crippen molar-refractivity contribution in [2.45, 2.75) is 97.6 Å². The van der Waals surface area contributed by atoms with Crippen molar-refractivity contribution in [2.24, 2.45) is 23.2 Å². The summed E-state index contributed by atoms with van der Waals surface area (Å²) in [5, 5.41) is 10.4. The smallest absolute Gasteiger partial charge is 0.249 e. The summed E-state index contributed by atoms with van der Waals surface area (Å²) >= 11 is 0. The molecule has 4 aliphatic rings. The number of carbonyl (C=O) groups is 3. The minimum Gasteiger partial charge on any atom is -0.394 e. The lowest BCUT2D eigenvalue weighted by Gasteiger charge is -2.45. The third kappa shape index (κ3) is 4.61. The van der Waals surface area contributed by atoms with Crippen molar-refractivity contribution < 1.29 is 24.2 Å². The number of nitrogens with zero attached hydrogens (tertiary/aromatic N) is 3. The number of amides is 3. The number of aliphatic hydroxyl groups is 1. The molecule has 6 atom stereocenters. The molecule has 0 aromatic carbocycles. The maximum absolute atomic E-state index is 14.6. The molecule has 4 aliphatic heterocycles. The molecule has 0 aromatic rings. The normalized spacial score (nSPS) is 32.5. The van der Waals surface area contributed by atoms with Crippen molar-refractivity contribution in [1.82, 2.24) is 14.7 Å². The number of ether oxygens (including phenoxy) is 1. The molecule has 1 spiro atoms. The van der Waals surface area contributed by atoms with Gasteiger partial charge < -0.3 is 24.5 Å². The zero-order valence-electron chi connectivity index (χ0n) is 24.4. The Bertz CT molecular complexity index is 1010. The van der Waals surface area contributed by atoms with E-state index in [1.807, 2.05) is 50.0 Å². The van der Waals surface area contributed by atoms with E-state index in [2.05, 4.69) is 34.6 Å². The first-order valence-corrected chi connectivity index (χ1v) is 14.3. The maximum Gasteiger partial charge on any atom is 0.249 e. The molecule has 2 saturated heterocycles. The number of hydrogen-bond acceptors (Lipinski definition) is 5. The van der Waals surface area contributed by atoms with Gasteiger partial charge in [0.15, 0.2) is 0 Å². The second-order valence-corrected chi connectivity index (χ2v) is 13.7. The Morgan fingerprint density at radius 1 is 1.05 bits per heavy atom. The van der Waals surface area contributed by atoms with Crippen LogP contribution in [0.1, 0.15) is 68.2 Å². The lowest BCUT2D eigenvalue weighted by atomic mass is 9.77. The van der Waals surface area contributed by atoms with Crippen molar-refractivity contribution in [3.05, 3.63) is 24.3 Å². The van der Waals surface area contributed by atoms with Crippen molar-refractivity contribution in [1.29, 1.82) is 0 Å². The summed E-state index contributed by atoms with van der Waals surface area (Å²) in [6.45, 7) is 17.7. The van der Waals surface area contributed by atoms with E-state index in [0.717, 1.165) is 12.8 Å². The summed E-state index contributed by atoms with van der Waals surface area (Å²) in [5.41, 5.74) is -1.78. The highest BCUT2D eigenvalue weighted by Crippen LogP contribution is 2.54. The van der Waals surface area contributed by atoms with Gasteiger partial charge in [0.1, 0.15) is 11.6 Å². The summed E-state index contributed by atoms with van der Waals surface area (Å²) in [5.74, 6) is -2.18. The third-order valence-electron chi connectivity index (χ3n) is 8.68. The second-order valence-electron chi connectivity index (χ2n) is 13.7. The van der Waals surface area contributed by atoms with Gasteiger partial charge in [-0.25, -0.2) is 0 Å². The summed E-state index contributed by atoms with van der Waals surface area (Å²) in [7, 11) is 0. The number of rotatable bonds is 7. The van der Waals surface area contributed by atoms with Crippen molar-refractivity contribution in [3.63, 3.8) is 0 Å². The van der Waals surface area contributed by atoms with E-state index in [1.54, 1.807) is 9.80 Å². The third-order valence-corrected chi connectivity index (χ3v) is 8.68. The first kappa shape index (κ1) is 28.8. The predicted octanol–water partition coefficient (Wildman–Crippen LogP) is 3.01. The van der Waals surface area contributed by atoms with Gasteiger partial charge in [0.05, 0.1) is 30.6 Å². The van der Waals surface area contributed by atoms with Crippen molar-refractivity contribution in [2.75, 3.05) is 26.2 Å². The van der Waals surface area contributed by atoms with Crippen LogP contribution in [0, 0.1) is 23.2 Å². The molecule has 212 valence electrons. The molecule has 4 rings (SSSR count). The Morgan fingerprint density at radius 3 is 2.32 bits per heavy atom. The molecule has 8 heteroatoms. The number of carbonyl (C=O) groups excluding carboxylic acids is 3. The average Bonchev–Trinajstić information content (AvgIpc) is 3.10. The maximum atomic E-state index is 14.6. The lowest BCUT2D eigenvalue weighted by molar-refractivity contribution is -0.156. The fourth-order valence-corrected chi connectivity index (χ4v) is 7.52. The summed E-state index contributed by atoms with van der Waals surface area (Å²) < 4.78 is 6.73. The van der Waals surface area contributed by atoms with Crippen molar-refractivity contribution in [3.8, 4) is 0 Å². The van der Waals surface area contributed by atoms with Gasteiger partial charge in [0, 0.05) is 25.2 Å². The van der Waals surface area contributed by atoms with Gasteiger partial charge in [-0.2, -0.15) is 0 Å². The van der Waals surface area contributed by atoms with E-state index >= 15 is 0 Å². The lowest BCUT2D eigenvalue weighted by Crippen LogP contribution is -2.62. The van der Waals surface area contributed by atoms with Crippen LogP contribution in [0.25, 0.3) is 0 Å². The Hall–Kier alpha value is -2.19. The van der Waals surface area contributed by atoms with E-state index in [0.29, 0.717) is 19.6 Å². The van der Waals surface area contributed by atoms with E-state index in [-0.39, 0.29) is 35.7 Å². The van der Waals surface area contributed by atoms with Gasteiger partial charge in [-0.3, -0.25) is 14.4 Å². The van der Waals surface area contributed by atoms with Gasteiger partial charge in [-0.15, -0.1) is 0 Å². The predicted molar refractivity (Wildman–Crippen MR) is 146 cm³/mol. The number of aliphatic hydroxyl groups excluding tert-OH is 1. The van der Waals surface area contributed by atoms with Crippen LogP contribution in [-0.2, 0) is 19.1 Å². The van der Waals surface area contributed by atoms with E-state index in [1.165, 1.54) is 0 Å². The highest BCUT2D eigenvalue weighted by molar-refractivity contribution is 6.00. The monoisotopic (exact) mass is 529 g/mol. The van der Waals surface area contributed by atoms with Crippen LogP contribution in [0.4, 0.5) is 0 Å². The Balaban J connectivity index is 1.86. The average molecular weight is 530 g/mol. The SMILES string of the molecule is CCCN1CC=C[C@@H]2O[C@]34C=CCN(C(C)(C)CC(C)(C)C)C(=O)C3N([C@@H](CO)C(C)C)C(=O)[C@@H]4[C@@H]2C1=O. The Kier molecular flexibility index (Phi) is 7.65. The van der Waals surface area contributed by atoms with Gasteiger partial charge in [0.2, 0.25) is 17.7 Å². The number of fused-ring (bicyclic) bond motifs is 2. The first-order valence-electron chi connectivity index (χ1n) is 14.3. The molecule has 3 amide bonds.